The van der Waals surface area contributed by atoms with Crippen molar-refractivity contribution < 1.29 is 31.9 Å². The van der Waals surface area contributed by atoms with Gasteiger partial charge in [-0.1, -0.05) is 12.1 Å². The van der Waals surface area contributed by atoms with E-state index < -0.39 is 33.8 Å². The molecule has 0 aliphatic carbocycles. The van der Waals surface area contributed by atoms with Crippen molar-refractivity contribution in [3.8, 4) is 5.75 Å². The molecule has 0 aliphatic rings. The quantitative estimate of drug-likeness (QED) is 0.541. The highest BCUT2D eigenvalue weighted by atomic mass is 32.2. The average Bonchev–Trinajstić information content (AvgIpc) is 2.67. The Bertz CT molecular complexity index is 931. The van der Waals surface area contributed by atoms with E-state index in [4.69, 9.17) is 4.74 Å². The Kier molecular flexibility index (Phi) is 6.48. The molecule has 0 aromatic heterocycles. The highest BCUT2D eigenvalue weighted by molar-refractivity contribution is 7.89. The summed E-state index contributed by atoms with van der Waals surface area (Å²) in [7, 11) is -3.12. The van der Waals surface area contributed by atoms with Gasteiger partial charge in [0.15, 0.2) is 6.10 Å². The summed E-state index contributed by atoms with van der Waals surface area (Å²) >= 11 is 0. The molecular weight excluding hydrogens is 379 g/mol. The summed E-state index contributed by atoms with van der Waals surface area (Å²) in [6, 6.07) is 10.3. The van der Waals surface area contributed by atoms with Gasteiger partial charge in [0.2, 0.25) is 0 Å². The topological polar surface area (TPSA) is 111 Å². The molecule has 10 heteroatoms. The molecule has 2 rings (SSSR count). The van der Waals surface area contributed by atoms with Crippen molar-refractivity contribution in [2.75, 3.05) is 7.11 Å². The first-order chi connectivity index (χ1) is 12.7. The smallest absolute Gasteiger partial charge is 0.339 e. The molecule has 1 amide bonds. The van der Waals surface area contributed by atoms with Crippen LogP contribution in [0, 0.1) is 5.82 Å². The van der Waals surface area contributed by atoms with Crippen LogP contribution >= 0.6 is 0 Å². The fourth-order valence-electron chi connectivity index (χ4n) is 2.02. The van der Waals surface area contributed by atoms with E-state index in [0.717, 1.165) is 19.2 Å². The van der Waals surface area contributed by atoms with Crippen molar-refractivity contribution in [1.82, 2.24) is 10.3 Å². The van der Waals surface area contributed by atoms with Gasteiger partial charge in [0, 0.05) is 0 Å². The summed E-state index contributed by atoms with van der Waals surface area (Å²) in [5, 5.41) is 0. The van der Waals surface area contributed by atoms with Crippen LogP contribution in [0.25, 0.3) is 0 Å². The van der Waals surface area contributed by atoms with Gasteiger partial charge in [-0.2, -0.15) is 0 Å². The number of ether oxygens (including phenoxy) is 2. The lowest BCUT2D eigenvalue weighted by molar-refractivity contribution is -0.127. The Labute approximate surface area is 155 Å². The molecule has 0 spiro atoms. The fourth-order valence-corrected chi connectivity index (χ4v) is 3.07. The molecule has 0 radical (unpaired) electrons. The third kappa shape index (κ3) is 5.25. The molecule has 0 saturated carbocycles. The van der Waals surface area contributed by atoms with Crippen LogP contribution in [0.4, 0.5) is 4.39 Å². The van der Waals surface area contributed by atoms with E-state index >= 15 is 0 Å². The minimum Gasteiger partial charge on any atom is -0.481 e. The molecule has 0 unspecified atom stereocenters. The highest BCUT2D eigenvalue weighted by Gasteiger charge is 2.24. The second-order valence-electron chi connectivity index (χ2n) is 5.30. The predicted molar refractivity (Wildman–Crippen MR) is 92.7 cm³/mol. The van der Waals surface area contributed by atoms with Crippen LogP contribution in [0.5, 0.6) is 5.75 Å². The molecule has 0 fully saturated rings. The van der Waals surface area contributed by atoms with Gasteiger partial charge in [-0.05, 0) is 43.3 Å². The van der Waals surface area contributed by atoms with E-state index in [-0.39, 0.29) is 16.2 Å². The first-order valence-corrected chi connectivity index (χ1v) is 9.14. The number of halogens is 1. The Morgan fingerprint density at radius 1 is 1.07 bits per heavy atom. The monoisotopic (exact) mass is 396 g/mol. The molecule has 2 aromatic rings. The number of carbonyl (C=O) groups excluding carboxylic acids is 2. The SMILES string of the molecule is COC(=O)c1ccccc1S(=O)(=O)NNC(=O)[C@@H](C)Oc1ccc(F)cc1. The van der Waals surface area contributed by atoms with Crippen LogP contribution in [0.1, 0.15) is 17.3 Å². The van der Waals surface area contributed by atoms with Gasteiger partial charge in [-0.3, -0.25) is 10.2 Å². The lowest BCUT2D eigenvalue weighted by Crippen LogP contribution is -2.47. The van der Waals surface area contributed by atoms with Crippen LogP contribution in [0.15, 0.2) is 53.4 Å². The minimum absolute atomic E-state index is 0.183. The van der Waals surface area contributed by atoms with Gasteiger partial charge in [-0.25, -0.2) is 17.6 Å². The van der Waals surface area contributed by atoms with Gasteiger partial charge >= 0.3 is 5.97 Å². The maximum absolute atomic E-state index is 12.9. The molecule has 0 bridgehead atoms. The summed E-state index contributed by atoms with van der Waals surface area (Å²) < 4.78 is 47.5. The maximum Gasteiger partial charge on any atom is 0.339 e. The molecule has 1 atom stereocenters. The number of sulfonamides is 1. The average molecular weight is 396 g/mol. The Morgan fingerprint density at radius 3 is 2.33 bits per heavy atom. The van der Waals surface area contributed by atoms with E-state index in [1.54, 1.807) is 0 Å². The standard InChI is InChI=1S/C17H17FN2O6S/c1-11(26-13-9-7-12(18)8-10-13)16(21)19-20-27(23,24)15-6-4-3-5-14(15)17(22)25-2/h3-11,20H,1-2H3,(H,19,21)/t11-/m1/s1. The minimum atomic E-state index is -4.24. The number of carbonyl (C=O) groups is 2. The summed E-state index contributed by atoms with van der Waals surface area (Å²) in [5.41, 5.74) is 1.83. The van der Waals surface area contributed by atoms with Crippen LogP contribution in [-0.4, -0.2) is 33.5 Å². The van der Waals surface area contributed by atoms with Crippen LogP contribution in [-0.2, 0) is 19.6 Å². The van der Waals surface area contributed by atoms with Crippen molar-refractivity contribution >= 4 is 21.9 Å². The number of hydrogen-bond acceptors (Lipinski definition) is 6. The van der Waals surface area contributed by atoms with Gasteiger partial charge in [0.25, 0.3) is 15.9 Å². The first-order valence-electron chi connectivity index (χ1n) is 7.66. The van der Waals surface area contributed by atoms with E-state index in [0.29, 0.717) is 0 Å². The third-order valence-electron chi connectivity index (χ3n) is 3.39. The number of amides is 1. The van der Waals surface area contributed by atoms with E-state index in [9.17, 15) is 22.4 Å². The number of nitrogens with one attached hydrogen (secondary N) is 2. The molecular formula is C17H17FN2O6S. The van der Waals surface area contributed by atoms with Crippen molar-refractivity contribution in [3.05, 3.63) is 59.9 Å². The fraction of sp³-hybridized carbons (Fsp3) is 0.176. The zero-order valence-corrected chi connectivity index (χ0v) is 15.2. The van der Waals surface area contributed by atoms with Crippen LogP contribution < -0.4 is 15.0 Å². The second kappa shape index (κ2) is 8.60. The Balaban J connectivity index is 2.05. The van der Waals surface area contributed by atoms with Crippen molar-refractivity contribution in [3.63, 3.8) is 0 Å². The number of benzene rings is 2. The normalized spacial score (nSPS) is 12.1. The van der Waals surface area contributed by atoms with Gasteiger partial charge in [0.1, 0.15) is 11.6 Å². The highest BCUT2D eigenvalue weighted by Crippen LogP contribution is 2.16. The maximum atomic E-state index is 12.9. The molecule has 2 N–H and O–H groups in total. The first kappa shape index (κ1) is 20.3. The number of methoxy groups -OCH3 is 1. The number of rotatable bonds is 7. The molecule has 2 aromatic carbocycles. The lowest BCUT2D eigenvalue weighted by atomic mass is 10.2. The molecule has 8 nitrogen and oxygen atoms in total. The number of hydrazine groups is 1. The Morgan fingerprint density at radius 2 is 1.70 bits per heavy atom. The predicted octanol–water partition coefficient (Wildman–Crippen LogP) is 1.39. The van der Waals surface area contributed by atoms with Gasteiger partial charge < -0.3 is 9.47 Å². The summed E-state index contributed by atoms with van der Waals surface area (Å²) in [5.74, 6) is -1.86. The summed E-state index contributed by atoms with van der Waals surface area (Å²) in [6.07, 6.45) is -1.07. The number of hydrogen-bond donors (Lipinski definition) is 2. The van der Waals surface area contributed by atoms with Gasteiger partial charge in [0.05, 0.1) is 17.6 Å². The molecule has 27 heavy (non-hydrogen) atoms. The Hall–Kier alpha value is -2.98. The van der Waals surface area contributed by atoms with E-state index in [2.05, 4.69) is 4.74 Å². The molecule has 0 aliphatic heterocycles. The van der Waals surface area contributed by atoms with Gasteiger partial charge in [-0.15, -0.1) is 4.83 Å². The lowest BCUT2D eigenvalue weighted by Gasteiger charge is -2.16. The molecule has 144 valence electrons. The van der Waals surface area contributed by atoms with E-state index in [1.165, 1.54) is 43.3 Å². The van der Waals surface area contributed by atoms with Crippen molar-refractivity contribution in [1.29, 1.82) is 0 Å². The third-order valence-corrected chi connectivity index (χ3v) is 4.69. The summed E-state index contributed by atoms with van der Waals surface area (Å²) in [6.45, 7) is 1.38. The van der Waals surface area contributed by atoms with E-state index in [1.807, 2.05) is 10.3 Å². The zero-order chi connectivity index (χ0) is 20.0. The van der Waals surface area contributed by atoms with Crippen molar-refractivity contribution in [2.24, 2.45) is 0 Å². The van der Waals surface area contributed by atoms with Crippen LogP contribution in [0.3, 0.4) is 0 Å². The second-order valence-corrected chi connectivity index (χ2v) is 6.95. The largest absolute Gasteiger partial charge is 0.481 e. The van der Waals surface area contributed by atoms with Crippen molar-refractivity contribution in [2.45, 2.75) is 17.9 Å². The number of esters is 1. The molecule has 0 saturated heterocycles. The zero-order valence-electron chi connectivity index (χ0n) is 14.4. The summed E-state index contributed by atoms with van der Waals surface area (Å²) in [4.78, 5) is 25.3. The molecule has 0 heterocycles. The van der Waals surface area contributed by atoms with Crippen LogP contribution in [0.2, 0.25) is 0 Å².